The Morgan fingerprint density at radius 1 is 1.00 bits per heavy atom. The number of benzene rings is 1. The largest absolute Gasteiger partial charge is 0.350 e. The van der Waals surface area contributed by atoms with E-state index in [4.69, 9.17) is 0 Å². The third-order valence-electron chi connectivity index (χ3n) is 5.24. The molecule has 0 spiro atoms. The van der Waals surface area contributed by atoms with Gasteiger partial charge < -0.3 is 4.57 Å². The van der Waals surface area contributed by atoms with Crippen LogP contribution in [0.2, 0.25) is 0 Å². The number of hydrogen-bond acceptors (Lipinski definition) is 3. The molecule has 5 aromatic rings. The Kier molecular flexibility index (Phi) is 4.55. The maximum absolute atomic E-state index is 13.4. The minimum atomic E-state index is -0.469. The van der Waals surface area contributed by atoms with Crippen molar-refractivity contribution in [2.24, 2.45) is 0 Å². The first-order chi connectivity index (χ1) is 14.8. The number of aryl methyl sites for hydroxylation is 1. The van der Waals surface area contributed by atoms with Crippen LogP contribution >= 0.6 is 0 Å². The first kappa shape index (κ1) is 18.2. The van der Waals surface area contributed by atoms with Gasteiger partial charge in [-0.2, -0.15) is 4.40 Å². The van der Waals surface area contributed by atoms with Crippen LogP contribution in [0.4, 0.5) is 4.39 Å². The molecule has 30 heavy (non-hydrogen) atoms. The number of nitrogens with zero attached hydrogens (tertiary/aromatic N) is 5. The molecule has 0 N–H and O–H groups in total. The first-order valence-corrected chi connectivity index (χ1v) is 9.68. The number of para-hydroxylation sites is 1. The van der Waals surface area contributed by atoms with Gasteiger partial charge in [0.1, 0.15) is 31.3 Å². The van der Waals surface area contributed by atoms with Crippen molar-refractivity contribution in [1.82, 2.24) is 18.9 Å². The number of fused-ring (bicyclic) bond motifs is 2. The van der Waals surface area contributed by atoms with Crippen LogP contribution in [0.5, 0.6) is 0 Å². The lowest BCUT2D eigenvalue weighted by Crippen LogP contribution is -2.40. The summed E-state index contributed by atoms with van der Waals surface area (Å²) >= 11 is 0. The summed E-state index contributed by atoms with van der Waals surface area (Å²) in [6, 6.07) is 13.4. The predicted octanol–water partition coefficient (Wildman–Crippen LogP) is 3.02. The zero-order chi connectivity index (χ0) is 20.5. The lowest BCUT2D eigenvalue weighted by atomic mass is 10.1. The second-order valence-electron chi connectivity index (χ2n) is 7.09. The van der Waals surface area contributed by atoms with Gasteiger partial charge in [0.2, 0.25) is 0 Å². The fraction of sp³-hybridized carbons (Fsp3) is 0.130. The molecule has 0 unspecified atom stereocenters. The van der Waals surface area contributed by atoms with Crippen LogP contribution in [0.1, 0.15) is 5.56 Å². The molecule has 0 saturated heterocycles. The molecule has 0 amide bonds. The Hall–Kier alpha value is -3.87. The van der Waals surface area contributed by atoms with Gasteiger partial charge >= 0.3 is 5.56 Å². The van der Waals surface area contributed by atoms with Crippen molar-refractivity contribution < 1.29 is 8.96 Å². The zero-order valence-corrected chi connectivity index (χ0v) is 16.1. The van der Waals surface area contributed by atoms with E-state index in [1.165, 1.54) is 6.33 Å². The van der Waals surface area contributed by atoms with Crippen molar-refractivity contribution in [1.29, 1.82) is 0 Å². The average molecular weight is 400 g/mol. The van der Waals surface area contributed by atoms with Crippen LogP contribution in [-0.2, 0) is 13.1 Å². The van der Waals surface area contributed by atoms with E-state index >= 15 is 0 Å². The predicted molar refractivity (Wildman–Crippen MR) is 112 cm³/mol. The van der Waals surface area contributed by atoms with E-state index in [2.05, 4.69) is 9.97 Å². The van der Waals surface area contributed by atoms with Gasteiger partial charge in [-0.15, -0.1) is 0 Å². The summed E-state index contributed by atoms with van der Waals surface area (Å²) in [5, 5.41) is 0.925. The second-order valence-corrected chi connectivity index (χ2v) is 7.09. The van der Waals surface area contributed by atoms with Gasteiger partial charge in [0, 0.05) is 46.7 Å². The summed E-state index contributed by atoms with van der Waals surface area (Å²) in [5.74, 6) is 0. The van der Waals surface area contributed by atoms with Gasteiger partial charge in [-0.05, 0) is 12.1 Å². The Labute approximate surface area is 171 Å². The van der Waals surface area contributed by atoms with Gasteiger partial charge in [-0.3, -0.25) is 0 Å². The lowest BCUT2D eigenvalue weighted by molar-refractivity contribution is -0.665. The molecule has 0 saturated carbocycles. The summed E-state index contributed by atoms with van der Waals surface area (Å²) in [4.78, 5) is 21.6. The van der Waals surface area contributed by atoms with E-state index < -0.39 is 6.67 Å². The van der Waals surface area contributed by atoms with Crippen LogP contribution in [0.3, 0.4) is 0 Å². The fourth-order valence-electron chi connectivity index (χ4n) is 3.90. The number of halogens is 1. The third-order valence-corrected chi connectivity index (χ3v) is 5.24. The quantitative estimate of drug-likeness (QED) is 0.426. The molecule has 1 aromatic carbocycles. The van der Waals surface area contributed by atoms with E-state index in [1.807, 2.05) is 64.0 Å². The Morgan fingerprint density at radius 2 is 1.80 bits per heavy atom. The van der Waals surface area contributed by atoms with Gasteiger partial charge in [0.25, 0.3) is 5.65 Å². The van der Waals surface area contributed by atoms with E-state index in [0.29, 0.717) is 12.1 Å². The summed E-state index contributed by atoms with van der Waals surface area (Å²) in [6.07, 6.45) is 10.5. The minimum absolute atomic E-state index is 0.116. The van der Waals surface area contributed by atoms with E-state index in [0.717, 1.165) is 27.7 Å². The maximum atomic E-state index is 13.4. The van der Waals surface area contributed by atoms with Crippen LogP contribution < -0.4 is 10.1 Å². The van der Waals surface area contributed by atoms with E-state index in [-0.39, 0.29) is 12.1 Å². The van der Waals surface area contributed by atoms with E-state index in [1.54, 1.807) is 23.0 Å². The standard InChI is InChI=1S/C23H19FN5O/c24-8-10-27-14-19(18-5-1-2-6-21(18)27)20-15-28(13-17-11-25-16-26-12-17)22-7-3-4-9-29(22)23(20)30/h1-7,9,11-12,14-16H,8,10,13H2/q+1. The molecular weight excluding hydrogens is 381 g/mol. The molecule has 5 rings (SSSR count). The van der Waals surface area contributed by atoms with Gasteiger partial charge in [0.05, 0.1) is 12.7 Å². The first-order valence-electron chi connectivity index (χ1n) is 9.68. The smallest absolute Gasteiger partial charge is 0.344 e. The highest BCUT2D eigenvalue weighted by Gasteiger charge is 2.21. The molecule has 0 aliphatic carbocycles. The molecular formula is C23H19FN5O+. The Bertz CT molecular complexity index is 1410. The van der Waals surface area contributed by atoms with Crippen LogP contribution in [-0.4, -0.2) is 25.6 Å². The number of rotatable bonds is 5. The zero-order valence-electron chi connectivity index (χ0n) is 16.1. The minimum Gasteiger partial charge on any atom is -0.344 e. The van der Waals surface area contributed by atoms with Crippen molar-refractivity contribution in [2.75, 3.05) is 6.67 Å². The molecule has 7 heteroatoms. The van der Waals surface area contributed by atoms with Crippen molar-refractivity contribution in [3.8, 4) is 11.1 Å². The van der Waals surface area contributed by atoms with Crippen LogP contribution in [0.15, 0.2) is 84.6 Å². The SMILES string of the molecule is O=c1c(-c2cn(CCF)c3ccccc23)c[n+](Cc2cncnc2)c2ccccn12. The van der Waals surface area contributed by atoms with Crippen LogP contribution in [0.25, 0.3) is 27.7 Å². The number of aromatic nitrogens is 5. The van der Waals surface area contributed by atoms with E-state index in [9.17, 15) is 9.18 Å². The summed E-state index contributed by atoms with van der Waals surface area (Å²) in [7, 11) is 0. The van der Waals surface area contributed by atoms with Crippen molar-refractivity contribution in [3.05, 3.63) is 95.7 Å². The van der Waals surface area contributed by atoms with Crippen molar-refractivity contribution in [2.45, 2.75) is 13.1 Å². The van der Waals surface area contributed by atoms with Gasteiger partial charge in [0.15, 0.2) is 0 Å². The van der Waals surface area contributed by atoms with Gasteiger partial charge in [-0.1, -0.05) is 24.3 Å². The highest BCUT2D eigenvalue weighted by Crippen LogP contribution is 2.28. The second kappa shape index (κ2) is 7.51. The Balaban J connectivity index is 1.77. The molecule has 0 bridgehead atoms. The summed E-state index contributed by atoms with van der Waals surface area (Å²) < 4.78 is 18.6. The fourth-order valence-corrected chi connectivity index (χ4v) is 3.90. The van der Waals surface area contributed by atoms with Crippen LogP contribution in [0, 0.1) is 0 Å². The number of alkyl halides is 1. The number of hydrogen-bond donors (Lipinski definition) is 0. The molecule has 0 atom stereocenters. The van der Waals surface area contributed by atoms with Crippen molar-refractivity contribution in [3.63, 3.8) is 0 Å². The maximum Gasteiger partial charge on any atom is 0.350 e. The van der Waals surface area contributed by atoms with Gasteiger partial charge in [-0.25, -0.2) is 23.7 Å². The normalized spacial score (nSPS) is 11.4. The summed E-state index contributed by atoms with van der Waals surface area (Å²) in [5.41, 5.74) is 3.84. The molecule has 148 valence electrons. The molecule has 0 radical (unpaired) electrons. The number of pyridine rings is 1. The molecule has 6 nitrogen and oxygen atoms in total. The Morgan fingerprint density at radius 3 is 2.63 bits per heavy atom. The topological polar surface area (TPSA) is 56.1 Å². The molecule has 0 aliphatic heterocycles. The highest BCUT2D eigenvalue weighted by atomic mass is 19.1. The highest BCUT2D eigenvalue weighted by molar-refractivity contribution is 5.95. The molecule has 0 aliphatic rings. The summed E-state index contributed by atoms with van der Waals surface area (Å²) in [6.45, 7) is 0.296. The van der Waals surface area contributed by atoms with Crippen molar-refractivity contribution >= 4 is 16.6 Å². The molecule has 4 aromatic heterocycles. The third kappa shape index (κ3) is 3.04. The monoisotopic (exact) mass is 400 g/mol. The lowest BCUT2D eigenvalue weighted by Gasteiger charge is -2.06. The average Bonchev–Trinajstić information content (AvgIpc) is 3.15. The molecule has 4 heterocycles. The molecule has 0 fully saturated rings.